The smallest absolute Gasteiger partial charge is 0.242 e. The van der Waals surface area contributed by atoms with Gasteiger partial charge in [-0.1, -0.05) is 140 Å². The second-order valence-corrected chi connectivity index (χ2v) is 13.6. The second kappa shape index (κ2) is 38.6. The quantitative estimate of drug-likeness (QED) is 0.0463. The van der Waals surface area contributed by atoms with Crippen molar-refractivity contribution in [1.29, 1.82) is 0 Å². The summed E-state index contributed by atoms with van der Waals surface area (Å²) in [5, 5.41) is 6.10. The third-order valence-corrected chi connectivity index (χ3v) is 8.94. The molecule has 0 saturated heterocycles. The van der Waals surface area contributed by atoms with Gasteiger partial charge in [-0.3, -0.25) is 9.59 Å². The van der Waals surface area contributed by atoms with Gasteiger partial charge in [0.05, 0.1) is 0 Å². The summed E-state index contributed by atoms with van der Waals surface area (Å²) < 4.78 is 0. The van der Waals surface area contributed by atoms with Gasteiger partial charge in [-0.05, 0) is 96.4 Å². The van der Waals surface area contributed by atoms with Gasteiger partial charge in [0.2, 0.25) is 11.8 Å². The first-order valence-electron chi connectivity index (χ1n) is 20.4. The molecule has 0 spiro atoms. The van der Waals surface area contributed by atoms with Crippen LogP contribution in [-0.4, -0.2) is 30.9 Å². The Kier molecular flexibility index (Phi) is 37.0. The minimum atomic E-state index is -0.443. The molecule has 0 heterocycles. The Labute approximate surface area is 292 Å². The summed E-state index contributed by atoms with van der Waals surface area (Å²) in [6.45, 7) is 5.82. The number of nitrogens with two attached hydrogens (primary N) is 1. The Hall–Kier alpha value is -1.88. The summed E-state index contributed by atoms with van der Waals surface area (Å²) in [7, 11) is 0. The number of hydrogen-bond acceptors (Lipinski definition) is 3. The first-order valence-corrected chi connectivity index (χ1v) is 20.4. The van der Waals surface area contributed by atoms with Gasteiger partial charge in [0.25, 0.3) is 0 Å². The van der Waals surface area contributed by atoms with E-state index in [0.717, 1.165) is 57.8 Å². The van der Waals surface area contributed by atoms with E-state index in [9.17, 15) is 9.59 Å². The maximum Gasteiger partial charge on any atom is 0.242 e. The molecule has 0 aromatic rings. The first kappa shape index (κ1) is 45.1. The minimum Gasteiger partial charge on any atom is -0.354 e. The number of amides is 2. The standard InChI is InChI=1S/C42H79N3O2/c1-3-5-7-9-11-13-15-17-19-21-23-25-27-29-31-35-39-44-42(47)40(36-33-34-38-43)45-41(46)37-32-30-28-26-24-22-20-18-16-14-12-10-8-6-4-2/h12,14,17-20,40H,3-11,13,15-16,21-39,43H2,1-2H3,(H,44,47)(H,45,46). The Bertz CT molecular complexity index is 761. The number of rotatable bonds is 36. The highest BCUT2D eigenvalue weighted by Gasteiger charge is 2.19. The van der Waals surface area contributed by atoms with Crippen LogP contribution >= 0.6 is 0 Å². The minimum absolute atomic E-state index is 0.000773. The van der Waals surface area contributed by atoms with Crippen molar-refractivity contribution >= 4 is 11.8 Å². The van der Waals surface area contributed by atoms with Crippen LogP contribution in [0.5, 0.6) is 0 Å². The summed E-state index contributed by atoms with van der Waals surface area (Å²) in [6, 6.07) is -0.443. The molecule has 0 fully saturated rings. The molecule has 1 unspecified atom stereocenters. The zero-order valence-electron chi connectivity index (χ0n) is 31.4. The molecular weight excluding hydrogens is 578 g/mol. The van der Waals surface area contributed by atoms with Crippen LogP contribution in [0.3, 0.4) is 0 Å². The zero-order valence-corrected chi connectivity index (χ0v) is 31.4. The lowest BCUT2D eigenvalue weighted by molar-refractivity contribution is -0.129. The summed E-state index contributed by atoms with van der Waals surface area (Å²) >= 11 is 0. The third-order valence-electron chi connectivity index (χ3n) is 8.94. The van der Waals surface area contributed by atoms with Crippen molar-refractivity contribution in [3.63, 3.8) is 0 Å². The lowest BCUT2D eigenvalue weighted by Crippen LogP contribution is -2.47. The summed E-state index contributed by atoms with van der Waals surface area (Å²) in [6.07, 6.45) is 47.6. The second-order valence-electron chi connectivity index (χ2n) is 13.6. The van der Waals surface area contributed by atoms with E-state index in [-0.39, 0.29) is 11.8 Å². The lowest BCUT2D eigenvalue weighted by atomic mass is 10.1. The molecule has 2 amide bonds. The van der Waals surface area contributed by atoms with Gasteiger partial charge >= 0.3 is 0 Å². The molecule has 0 aromatic carbocycles. The Balaban J connectivity index is 3.89. The van der Waals surface area contributed by atoms with Gasteiger partial charge < -0.3 is 16.4 Å². The lowest BCUT2D eigenvalue weighted by Gasteiger charge is -2.18. The normalized spacial score (nSPS) is 12.5. The number of nitrogens with one attached hydrogen (secondary N) is 2. The van der Waals surface area contributed by atoms with E-state index in [4.69, 9.17) is 5.73 Å². The summed E-state index contributed by atoms with van der Waals surface area (Å²) in [4.78, 5) is 25.5. The van der Waals surface area contributed by atoms with Crippen molar-refractivity contribution in [2.45, 2.75) is 206 Å². The molecule has 47 heavy (non-hydrogen) atoms. The molecule has 0 aliphatic heterocycles. The van der Waals surface area contributed by atoms with E-state index in [0.29, 0.717) is 25.9 Å². The largest absolute Gasteiger partial charge is 0.354 e. The molecular formula is C42H79N3O2. The zero-order chi connectivity index (χ0) is 34.3. The van der Waals surface area contributed by atoms with Crippen molar-refractivity contribution in [2.75, 3.05) is 13.1 Å². The highest BCUT2D eigenvalue weighted by atomic mass is 16.2. The van der Waals surface area contributed by atoms with Gasteiger partial charge in [-0.15, -0.1) is 0 Å². The molecule has 0 rings (SSSR count). The van der Waals surface area contributed by atoms with Crippen LogP contribution in [0.2, 0.25) is 0 Å². The van der Waals surface area contributed by atoms with Crippen molar-refractivity contribution in [3.05, 3.63) is 36.5 Å². The fraction of sp³-hybridized carbons (Fsp3) is 0.810. The highest BCUT2D eigenvalue weighted by Crippen LogP contribution is 2.11. The van der Waals surface area contributed by atoms with Gasteiger partial charge in [0.15, 0.2) is 0 Å². The SMILES string of the molecule is CCCCCC=CCC=CCCCCCCCC(=O)NC(CCCCN)C(=O)NCCCCCCCCC=CCCCCCCCC. The predicted octanol–water partition coefficient (Wildman–Crippen LogP) is 11.6. The molecule has 274 valence electrons. The molecule has 0 aliphatic carbocycles. The molecule has 0 radical (unpaired) electrons. The summed E-state index contributed by atoms with van der Waals surface area (Å²) in [5.41, 5.74) is 5.67. The average Bonchev–Trinajstić information content (AvgIpc) is 3.07. The van der Waals surface area contributed by atoms with Crippen molar-refractivity contribution in [2.24, 2.45) is 5.73 Å². The van der Waals surface area contributed by atoms with Crippen LogP contribution in [-0.2, 0) is 9.59 Å². The van der Waals surface area contributed by atoms with E-state index >= 15 is 0 Å². The third kappa shape index (κ3) is 35.3. The number of allylic oxidation sites excluding steroid dienone is 6. The van der Waals surface area contributed by atoms with E-state index in [1.54, 1.807) is 0 Å². The van der Waals surface area contributed by atoms with E-state index < -0.39 is 6.04 Å². The topological polar surface area (TPSA) is 84.2 Å². The maximum absolute atomic E-state index is 12.9. The molecule has 5 nitrogen and oxygen atoms in total. The predicted molar refractivity (Wildman–Crippen MR) is 207 cm³/mol. The molecule has 1 atom stereocenters. The van der Waals surface area contributed by atoms with Crippen LogP contribution < -0.4 is 16.4 Å². The van der Waals surface area contributed by atoms with Crippen molar-refractivity contribution < 1.29 is 9.59 Å². The molecule has 4 N–H and O–H groups in total. The van der Waals surface area contributed by atoms with E-state index in [2.05, 4.69) is 60.9 Å². The fourth-order valence-corrected chi connectivity index (χ4v) is 5.83. The van der Waals surface area contributed by atoms with Crippen LogP contribution in [0.1, 0.15) is 200 Å². The van der Waals surface area contributed by atoms with Gasteiger partial charge in [-0.2, -0.15) is 0 Å². The Morgan fingerprint density at radius 1 is 0.532 bits per heavy atom. The van der Waals surface area contributed by atoms with Crippen LogP contribution in [0, 0.1) is 0 Å². The molecule has 0 aromatic heterocycles. The van der Waals surface area contributed by atoms with Gasteiger partial charge in [-0.25, -0.2) is 0 Å². The average molecular weight is 658 g/mol. The van der Waals surface area contributed by atoms with E-state index in [1.807, 2.05) is 0 Å². The Morgan fingerprint density at radius 2 is 0.979 bits per heavy atom. The number of carbonyl (C=O) groups is 2. The first-order chi connectivity index (χ1) is 23.2. The van der Waals surface area contributed by atoms with Crippen LogP contribution in [0.4, 0.5) is 0 Å². The Morgan fingerprint density at radius 3 is 1.53 bits per heavy atom. The van der Waals surface area contributed by atoms with Gasteiger partial charge in [0.1, 0.15) is 6.04 Å². The van der Waals surface area contributed by atoms with Crippen molar-refractivity contribution in [1.82, 2.24) is 10.6 Å². The monoisotopic (exact) mass is 658 g/mol. The van der Waals surface area contributed by atoms with Crippen molar-refractivity contribution in [3.8, 4) is 0 Å². The van der Waals surface area contributed by atoms with E-state index in [1.165, 1.54) is 116 Å². The number of carbonyl (C=O) groups excluding carboxylic acids is 2. The molecule has 5 heteroatoms. The maximum atomic E-state index is 12.9. The number of hydrogen-bond donors (Lipinski definition) is 3. The molecule has 0 bridgehead atoms. The number of unbranched alkanes of at least 4 members (excludes halogenated alkanes) is 21. The highest BCUT2D eigenvalue weighted by molar-refractivity contribution is 5.87. The van der Waals surface area contributed by atoms with Crippen LogP contribution in [0.25, 0.3) is 0 Å². The van der Waals surface area contributed by atoms with Crippen LogP contribution in [0.15, 0.2) is 36.5 Å². The molecule has 0 aliphatic rings. The molecule has 0 saturated carbocycles. The van der Waals surface area contributed by atoms with Gasteiger partial charge in [0, 0.05) is 13.0 Å². The summed E-state index contributed by atoms with van der Waals surface area (Å²) in [5.74, 6) is -0.0380. The fourth-order valence-electron chi connectivity index (χ4n) is 5.83.